The van der Waals surface area contributed by atoms with E-state index in [0.29, 0.717) is 12.5 Å². The summed E-state index contributed by atoms with van der Waals surface area (Å²) in [6.07, 6.45) is 1.20. The zero-order chi connectivity index (χ0) is 12.3. The smallest absolute Gasteiger partial charge is 0.122 e. The van der Waals surface area contributed by atoms with Crippen LogP contribution in [0.25, 0.3) is 0 Å². The molecular weight excluding hydrogens is 214 g/mol. The highest BCUT2D eigenvalue weighted by atomic mass is 16.5. The van der Waals surface area contributed by atoms with Gasteiger partial charge in [0.05, 0.1) is 19.3 Å². The standard InChI is InChI=1S/C14H21NO2/c1-10(2)17-9-13(15)11-7-8-16-14-6-4-3-5-12(11)14/h3-6,10-11,13H,7-9,15H2,1-2H3. The summed E-state index contributed by atoms with van der Waals surface area (Å²) in [7, 11) is 0. The normalized spacial score (nSPS) is 20.8. The van der Waals surface area contributed by atoms with Crippen LogP contribution < -0.4 is 10.5 Å². The molecule has 0 aromatic heterocycles. The molecule has 17 heavy (non-hydrogen) atoms. The molecule has 0 bridgehead atoms. The third-order valence-corrected chi connectivity index (χ3v) is 3.14. The van der Waals surface area contributed by atoms with Crippen molar-refractivity contribution in [3.05, 3.63) is 29.8 Å². The first-order valence-electron chi connectivity index (χ1n) is 6.27. The van der Waals surface area contributed by atoms with Crippen LogP contribution in [0.15, 0.2) is 24.3 Å². The van der Waals surface area contributed by atoms with Crippen LogP contribution in [0.5, 0.6) is 5.75 Å². The Kier molecular flexibility index (Phi) is 4.02. The second-order valence-electron chi connectivity index (χ2n) is 4.83. The number of ether oxygens (including phenoxy) is 2. The fourth-order valence-corrected chi connectivity index (χ4v) is 2.23. The predicted molar refractivity (Wildman–Crippen MR) is 68.4 cm³/mol. The van der Waals surface area contributed by atoms with E-state index in [9.17, 15) is 0 Å². The topological polar surface area (TPSA) is 44.5 Å². The molecule has 0 aliphatic carbocycles. The summed E-state index contributed by atoms with van der Waals surface area (Å²) in [5, 5.41) is 0. The molecule has 2 unspecified atom stereocenters. The Morgan fingerprint density at radius 3 is 2.94 bits per heavy atom. The lowest BCUT2D eigenvalue weighted by molar-refractivity contribution is 0.0602. The molecule has 2 rings (SSSR count). The number of hydrogen-bond acceptors (Lipinski definition) is 3. The SMILES string of the molecule is CC(C)OCC(N)C1CCOc2ccccc21. The highest BCUT2D eigenvalue weighted by Crippen LogP contribution is 2.34. The Hall–Kier alpha value is -1.06. The van der Waals surface area contributed by atoms with Gasteiger partial charge in [0.15, 0.2) is 0 Å². The molecule has 2 N–H and O–H groups in total. The van der Waals surface area contributed by atoms with Gasteiger partial charge in [-0.05, 0) is 31.9 Å². The van der Waals surface area contributed by atoms with Crippen LogP contribution in [0, 0.1) is 0 Å². The molecule has 0 spiro atoms. The molecule has 1 aromatic rings. The van der Waals surface area contributed by atoms with Crippen molar-refractivity contribution >= 4 is 0 Å². The summed E-state index contributed by atoms with van der Waals surface area (Å²) in [4.78, 5) is 0. The molecule has 1 heterocycles. The van der Waals surface area contributed by atoms with Crippen LogP contribution >= 0.6 is 0 Å². The average molecular weight is 235 g/mol. The largest absolute Gasteiger partial charge is 0.493 e. The highest BCUT2D eigenvalue weighted by Gasteiger charge is 2.26. The van der Waals surface area contributed by atoms with Crippen molar-refractivity contribution in [2.24, 2.45) is 5.73 Å². The monoisotopic (exact) mass is 235 g/mol. The van der Waals surface area contributed by atoms with Crippen molar-refractivity contribution in [3.8, 4) is 5.75 Å². The van der Waals surface area contributed by atoms with Gasteiger partial charge in [-0.25, -0.2) is 0 Å². The van der Waals surface area contributed by atoms with E-state index in [-0.39, 0.29) is 12.1 Å². The minimum absolute atomic E-state index is 0.0439. The zero-order valence-electron chi connectivity index (χ0n) is 10.6. The van der Waals surface area contributed by atoms with Crippen LogP contribution in [0.3, 0.4) is 0 Å². The summed E-state index contributed by atoms with van der Waals surface area (Å²) in [5.41, 5.74) is 7.45. The van der Waals surface area contributed by atoms with E-state index in [0.717, 1.165) is 18.8 Å². The summed E-state index contributed by atoms with van der Waals surface area (Å²) in [6.45, 7) is 5.42. The van der Waals surface area contributed by atoms with Crippen LogP contribution in [0.4, 0.5) is 0 Å². The molecule has 0 saturated carbocycles. The molecule has 1 aliphatic heterocycles. The molecule has 94 valence electrons. The van der Waals surface area contributed by atoms with E-state index in [4.69, 9.17) is 15.2 Å². The van der Waals surface area contributed by atoms with E-state index in [1.807, 2.05) is 32.0 Å². The van der Waals surface area contributed by atoms with E-state index < -0.39 is 0 Å². The van der Waals surface area contributed by atoms with E-state index >= 15 is 0 Å². The Morgan fingerprint density at radius 2 is 2.18 bits per heavy atom. The number of fused-ring (bicyclic) bond motifs is 1. The summed E-state index contributed by atoms with van der Waals surface area (Å²) >= 11 is 0. The van der Waals surface area contributed by atoms with Crippen molar-refractivity contribution in [1.29, 1.82) is 0 Å². The molecule has 3 heteroatoms. The maximum absolute atomic E-state index is 6.23. The molecule has 0 radical (unpaired) electrons. The summed E-state index contributed by atoms with van der Waals surface area (Å²) < 4.78 is 11.2. The van der Waals surface area contributed by atoms with Crippen LogP contribution in [0.1, 0.15) is 31.7 Å². The van der Waals surface area contributed by atoms with Gasteiger partial charge in [-0.3, -0.25) is 0 Å². The Bertz CT molecular complexity index is 365. The number of hydrogen-bond donors (Lipinski definition) is 1. The van der Waals surface area contributed by atoms with Gasteiger partial charge in [-0.15, -0.1) is 0 Å². The van der Waals surface area contributed by atoms with E-state index in [2.05, 4.69) is 6.07 Å². The first-order chi connectivity index (χ1) is 8.18. The van der Waals surface area contributed by atoms with Crippen molar-refractivity contribution < 1.29 is 9.47 Å². The van der Waals surface area contributed by atoms with Crippen molar-refractivity contribution in [1.82, 2.24) is 0 Å². The maximum Gasteiger partial charge on any atom is 0.122 e. The third kappa shape index (κ3) is 2.99. The second kappa shape index (κ2) is 5.52. The first-order valence-corrected chi connectivity index (χ1v) is 6.27. The van der Waals surface area contributed by atoms with Gasteiger partial charge in [0.25, 0.3) is 0 Å². The number of nitrogens with two attached hydrogens (primary N) is 1. The molecule has 0 saturated heterocycles. The quantitative estimate of drug-likeness (QED) is 0.871. The van der Waals surface area contributed by atoms with Gasteiger partial charge < -0.3 is 15.2 Å². The Labute approximate surface area is 103 Å². The minimum atomic E-state index is 0.0439. The molecule has 1 aliphatic rings. The predicted octanol–water partition coefficient (Wildman–Crippen LogP) is 2.31. The van der Waals surface area contributed by atoms with E-state index in [1.54, 1.807) is 0 Å². The van der Waals surface area contributed by atoms with Crippen molar-refractivity contribution in [2.45, 2.75) is 38.3 Å². The van der Waals surface area contributed by atoms with Crippen molar-refractivity contribution in [2.75, 3.05) is 13.2 Å². The fraction of sp³-hybridized carbons (Fsp3) is 0.571. The van der Waals surface area contributed by atoms with Gasteiger partial charge in [0, 0.05) is 12.0 Å². The Balaban J connectivity index is 2.07. The van der Waals surface area contributed by atoms with E-state index in [1.165, 1.54) is 5.56 Å². The molecule has 1 aromatic carbocycles. The summed E-state index contributed by atoms with van der Waals surface area (Å²) in [5.74, 6) is 1.32. The highest BCUT2D eigenvalue weighted by molar-refractivity contribution is 5.38. The lowest BCUT2D eigenvalue weighted by Gasteiger charge is -2.30. The summed E-state index contributed by atoms with van der Waals surface area (Å²) in [6, 6.07) is 8.20. The Morgan fingerprint density at radius 1 is 1.41 bits per heavy atom. The van der Waals surface area contributed by atoms with Gasteiger partial charge >= 0.3 is 0 Å². The lowest BCUT2D eigenvalue weighted by Crippen LogP contribution is -2.36. The second-order valence-corrected chi connectivity index (χ2v) is 4.83. The first kappa shape index (κ1) is 12.4. The number of rotatable bonds is 4. The van der Waals surface area contributed by atoms with Gasteiger partial charge in [0.1, 0.15) is 5.75 Å². The molecule has 3 nitrogen and oxygen atoms in total. The third-order valence-electron chi connectivity index (χ3n) is 3.14. The molecule has 0 amide bonds. The zero-order valence-corrected chi connectivity index (χ0v) is 10.6. The lowest BCUT2D eigenvalue weighted by atomic mass is 9.87. The molecular formula is C14H21NO2. The molecule has 2 atom stereocenters. The van der Waals surface area contributed by atoms with Gasteiger partial charge in [-0.1, -0.05) is 18.2 Å². The minimum Gasteiger partial charge on any atom is -0.493 e. The van der Waals surface area contributed by atoms with Crippen molar-refractivity contribution in [3.63, 3.8) is 0 Å². The maximum atomic E-state index is 6.23. The molecule has 0 fully saturated rings. The van der Waals surface area contributed by atoms with Crippen LogP contribution in [-0.2, 0) is 4.74 Å². The van der Waals surface area contributed by atoms with Crippen LogP contribution in [0.2, 0.25) is 0 Å². The van der Waals surface area contributed by atoms with Gasteiger partial charge in [0.2, 0.25) is 0 Å². The average Bonchev–Trinajstić information content (AvgIpc) is 2.35. The van der Waals surface area contributed by atoms with Gasteiger partial charge in [-0.2, -0.15) is 0 Å². The number of para-hydroxylation sites is 1. The fourth-order valence-electron chi connectivity index (χ4n) is 2.23. The number of benzene rings is 1. The van der Waals surface area contributed by atoms with Crippen LogP contribution in [-0.4, -0.2) is 25.4 Å².